The van der Waals surface area contributed by atoms with Crippen LogP contribution < -0.4 is 14.5 Å². The number of imide groups is 2. The number of anilines is 2. The van der Waals surface area contributed by atoms with Gasteiger partial charge in [0.25, 0.3) is 11.8 Å². The number of carbonyl (C=O) groups is 3. The summed E-state index contributed by atoms with van der Waals surface area (Å²) >= 11 is 0. The summed E-state index contributed by atoms with van der Waals surface area (Å²) in [6.07, 6.45) is 1.50. The molecule has 4 rings (SSSR count). The molecule has 0 unspecified atom stereocenters. The summed E-state index contributed by atoms with van der Waals surface area (Å²) in [5, 5.41) is 0. The molecule has 0 spiro atoms. The van der Waals surface area contributed by atoms with Crippen LogP contribution in [0.3, 0.4) is 0 Å². The van der Waals surface area contributed by atoms with E-state index in [1.807, 2.05) is 26.0 Å². The van der Waals surface area contributed by atoms with E-state index in [2.05, 4.69) is 0 Å². The third-order valence-electron chi connectivity index (χ3n) is 5.20. The molecule has 0 bridgehead atoms. The molecule has 3 aromatic rings. The first-order chi connectivity index (χ1) is 15.4. The van der Waals surface area contributed by atoms with Gasteiger partial charge >= 0.3 is 6.03 Å². The molecule has 0 atom stereocenters. The number of ether oxygens (including phenoxy) is 1. The van der Waals surface area contributed by atoms with E-state index in [0.29, 0.717) is 22.7 Å². The van der Waals surface area contributed by atoms with Gasteiger partial charge < -0.3 is 4.74 Å². The number of amides is 4. The summed E-state index contributed by atoms with van der Waals surface area (Å²) in [7, 11) is 1.56. The molecule has 6 nitrogen and oxygen atoms in total. The molecule has 1 heterocycles. The van der Waals surface area contributed by atoms with Crippen molar-refractivity contribution in [3.05, 3.63) is 95.1 Å². The number of hydrogen-bond donors (Lipinski definition) is 0. The van der Waals surface area contributed by atoms with E-state index in [0.717, 1.165) is 20.9 Å². The zero-order chi connectivity index (χ0) is 22.8. The molecule has 6 heteroatoms. The van der Waals surface area contributed by atoms with Crippen LogP contribution in [0.15, 0.2) is 78.4 Å². The summed E-state index contributed by atoms with van der Waals surface area (Å²) in [4.78, 5) is 42.3. The Labute approximate surface area is 186 Å². The van der Waals surface area contributed by atoms with Crippen molar-refractivity contribution >= 4 is 35.3 Å². The van der Waals surface area contributed by atoms with Gasteiger partial charge in [-0.1, -0.05) is 36.4 Å². The van der Waals surface area contributed by atoms with Crippen LogP contribution in [0, 0.1) is 13.8 Å². The minimum absolute atomic E-state index is 0.0993. The van der Waals surface area contributed by atoms with Crippen molar-refractivity contribution < 1.29 is 19.1 Å². The lowest BCUT2D eigenvalue weighted by Gasteiger charge is -2.34. The smallest absolute Gasteiger partial charge is 0.343 e. The van der Waals surface area contributed by atoms with Crippen LogP contribution in [0.2, 0.25) is 0 Å². The number of benzene rings is 3. The molecular weight excluding hydrogens is 404 g/mol. The van der Waals surface area contributed by atoms with Crippen molar-refractivity contribution in [2.75, 3.05) is 16.9 Å². The fourth-order valence-electron chi connectivity index (χ4n) is 3.59. The summed E-state index contributed by atoms with van der Waals surface area (Å²) in [6, 6.07) is 20.4. The molecule has 0 radical (unpaired) electrons. The predicted octanol–water partition coefficient (Wildman–Crippen LogP) is 4.90. The first kappa shape index (κ1) is 21.1. The lowest BCUT2D eigenvalue weighted by Crippen LogP contribution is -2.57. The molecule has 160 valence electrons. The molecule has 1 aliphatic rings. The van der Waals surface area contributed by atoms with Gasteiger partial charge in [-0.2, -0.15) is 0 Å². The zero-order valence-corrected chi connectivity index (χ0v) is 18.0. The first-order valence-electron chi connectivity index (χ1n) is 10.1. The van der Waals surface area contributed by atoms with Crippen LogP contribution in [0.5, 0.6) is 5.75 Å². The number of barbiturate groups is 1. The standard InChI is InChI=1S/C26H22N2O4/c1-17-6-4-8-20(14-17)27-24(29)23(16-19-10-12-22(32-3)13-11-19)25(30)28(26(27)31)21-9-5-7-18(2)15-21/h4-16H,1-3H3. The molecule has 1 aliphatic heterocycles. The number of hydrogen-bond acceptors (Lipinski definition) is 4. The molecule has 32 heavy (non-hydrogen) atoms. The Morgan fingerprint density at radius 3 is 1.66 bits per heavy atom. The van der Waals surface area contributed by atoms with Crippen LogP contribution >= 0.6 is 0 Å². The van der Waals surface area contributed by atoms with E-state index in [4.69, 9.17) is 4.74 Å². The van der Waals surface area contributed by atoms with Crippen LogP contribution in [0.1, 0.15) is 16.7 Å². The van der Waals surface area contributed by atoms with Gasteiger partial charge in [0.05, 0.1) is 18.5 Å². The van der Waals surface area contributed by atoms with E-state index in [-0.39, 0.29) is 5.57 Å². The largest absolute Gasteiger partial charge is 0.497 e. The fourth-order valence-corrected chi connectivity index (χ4v) is 3.59. The number of carbonyl (C=O) groups excluding carboxylic acids is 3. The molecular formula is C26H22N2O4. The first-order valence-corrected chi connectivity index (χ1v) is 10.1. The average Bonchev–Trinajstić information content (AvgIpc) is 2.77. The van der Waals surface area contributed by atoms with Crippen molar-refractivity contribution in [3.63, 3.8) is 0 Å². The van der Waals surface area contributed by atoms with E-state index in [1.54, 1.807) is 67.8 Å². The van der Waals surface area contributed by atoms with Gasteiger partial charge in [-0.05, 0) is 73.0 Å². The highest BCUT2D eigenvalue weighted by Gasteiger charge is 2.43. The zero-order valence-electron chi connectivity index (χ0n) is 18.0. The number of nitrogens with zero attached hydrogens (tertiary/aromatic N) is 2. The van der Waals surface area contributed by atoms with Crippen molar-refractivity contribution in [2.24, 2.45) is 0 Å². The van der Waals surface area contributed by atoms with Gasteiger partial charge in [0.2, 0.25) is 0 Å². The minimum Gasteiger partial charge on any atom is -0.497 e. The van der Waals surface area contributed by atoms with E-state index < -0.39 is 17.8 Å². The molecule has 0 saturated carbocycles. The molecule has 0 N–H and O–H groups in total. The maximum absolute atomic E-state index is 13.4. The van der Waals surface area contributed by atoms with Crippen molar-refractivity contribution in [3.8, 4) is 5.75 Å². The molecule has 0 aromatic heterocycles. The lowest BCUT2D eigenvalue weighted by atomic mass is 10.0. The monoisotopic (exact) mass is 426 g/mol. The van der Waals surface area contributed by atoms with Gasteiger partial charge in [0.15, 0.2) is 0 Å². The van der Waals surface area contributed by atoms with Crippen LogP contribution in [-0.4, -0.2) is 25.0 Å². The normalized spacial score (nSPS) is 14.1. The Kier molecular flexibility index (Phi) is 5.60. The third kappa shape index (κ3) is 3.90. The van der Waals surface area contributed by atoms with E-state index in [1.165, 1.54) is 6.08 Å². The Morgan fingerprint density at radius 2 is 1.22 bits per heavy atom. The lowest BCUT2D eigenvalue weighted by molar-refractivity contribution is -0.121. The third-order valence-corrected chi connectivity index (χ3v) is 5.20. The van der Waals surface area contributed by atoms with Gasteiger partial charge in [0, 0.05) is 0 Å². The second kappa shape index (κ2) is 8.51. The Bertz CT molecular complexity index is 1180. The highest BCUT2D eigenvalue weighted by atomic mass is 16.5. The van der Waals surface area contributed by atoms with Gasteiger partial charge in [-0.15, -0.1) is 0 Å². The van der Waals surface area contributed by atoms with Gasteiger partial charge in [0.1, 0.15) is 11.3 Å². The summed E-state index contributed by atoms with van der Waals surface area (Å²) < 4.78 is 5.17. The fraction of sp³-hybridized carbons (Fsp3) is 0.115. The summed E-state index contributed by atoms with van der Waals surface area (Å²) in [6.45, 7) is 3.75. The maximum atomic E-state index is 13.4. The SMILES string of the molecule is COc1ccc(C=C2C(=O)N(c3cccc(C)c3)C(=O)N(c3cccc(C)c3)C2=O)cc1. The highest BCUT2D eigenvalue weighted by Crippen LogP contribution is 2.30. The second-order valence-corrected chi connectivity index (χ2v) is 7.57. The number of urea groups is 1. The van der Waals surface area contributed by atoms with Crippen LogP contribution in [0.4, 0.5) is 16.2 Å². The Hall–Kier alpha value is -4.19. The number of methoxy groups -OCH3 is 1. The van der Waals surface area contributed by atoms with Crippen molar-refractivity contribution in [2.45, 2.75) is 13.8 Å². The molecule has 1 saturated heterocycles. The average molecular weight is 426 g/mol. The Balaban J connectivity index is 1.86. The van der Waals surface area contributed by atoms with Crippen LogP contribution in [-0.2, 0) is 9.59 Å². The van der Waals surface area contributed by atoms with Crippen molar-refractivity contribution in [1.29, 1.82) is 0 Å². The van der Waals surface area contributed by atoms with E-state index >= 15 is 0 Å². The minimum atomic E-state index is -0.705. The topological polar surface area (TPSA) is 66.9 Å². The van der Waals surface area contributed by atoms with Crippen molar-refractivity contribution in [1.82, 2.24) is 0 Å². The predicted molar refractivity (Wildman–Crippen MR) is 124 cm³/mol. The number of aryl methyl sites for hydroxylation is 2. The quantitative estimate of drug-likeness (QED) is 0.440. The summed E-state index contributed by atoms with van der Waals surface area (Å²) in [5.74, 6) is -0.665. The highest BCUT2D eigenvalue weighted by molar-refractivity contribution is 6.46. The molecule has 4 amide bonds. The number of rotatable bonds is 4. The van der Waals surface area contributed by atoms with Crippen LogP contribution in [0.25, 0.3) is 6.08 Å². The Morgan fingerprint density at radius 1 is 0.719 bits per heavy atom. The molecule has 1 fully saturated rings. The maximum Gasteiger partial charge on any atom is 0.343 e. The molecule has 3 aromatic carbocycles. The van der Waals surface area contributed by atoms with E-state index in [9.17, 15) is 14.4 Å². The van der Waals surface area contributed by atoms with Gasteiger partial charge in [-0.3, -0.25) is 9.59 Å². The van der Waals surface area contributed by atoms with Gasteiger partial charge in [-0.25, -0.2) is 14.6 Å². The summed E-state index contributed by atoms with van der Waals surface area (Å²) in [5.41, 5.74) is 3.14. The second-order valence-electron chi connectivity index (χ2n) is 7.57. The molecule has 0 aliphatic carbocycles.